The first kappa shape index (κ1) is 14.7. The number of nitrogens with one attached hydrogen (secondary N) is 1. The van der Waals surface area contributed by atoms with Gasteiger partial charge in [0, 0.05) is 30.4 Å². The zero-order chi connectivity index (χ0) is 14.8. The Bertz CT molecular complexity index is 702. The van der Waals surface area contributed by atoms with Crippen molar-refractivity contribution in [2.24, 2.45) is 0 Å². The number of nitrogens with zero attached hydrogens (tertiary/aromatic N) is 1. The minimum atomic E-state index is -3.17. The number of hydrogen-bond acceptors (Lipinski definition) is 3. The van der Waals surface area contributed by atoms with Crippen molar-refractivity contribution < 1.29 is 8.42 Å². The van der Waals surface area contributed by atoms with Crippen LogP contribution in [-0.4, -0.2) is 19.2 Å². The number of aromatic nitrogens is 1. The summed E-state index contributed by atoms with van der Waals surface area (Å²) in [6.07, 6.45) is 3.26. The predicted octanol–water partition coefficient (Wildman–Crippen LogP) is 2.83. The van der Waals surface area contributed by atoms with Crippen LogP contribution in [0.25, 0.3) is 0 Å². The van der Waals surface area contributed by atoms with Crippen molar-refractivity contribution in [1.29, 1.82) is 0 Å². The van der Waals surface area contributed by atoms with Crippen LogP contribution in [-0.2, 0) is 22.9 Å². The SMILES string of the molecule is CCn1cccc1CNc1cc(S(C)(=O)=O)ccc1C. The quantitative estimate of drug-likeness (QED) is 0.922. The Morgan fingerprint density at radius 1 is 1.25 bits per heavy atom. The molecule has 4 nitrogen and oxygen atoms in total. The summed E-state index contributed by atoms with van der Waals surface area (Å²) >= 11 is 0. The van der Waals surface area contributed by atoms with Crippen LogP contribution in [0.3, 0.4) is 0 Å². The van der Waals surface area contributed by atoms with E-state index in [2.05, 4.69) is 22.9 Å². The lowest BCUT2D eigenvalue weighted by Crippen LogP contribution is -2.07. The Balaban J connectivity index is 2.21. The molecule has 0 unspecified atom stereocenters. The molecule has 0 bridgehead atoms. The maximum atomic E-state index is 11.6. The van der Waals surface area contributed by atoms with E-state index >= 15 is 0 Å². The van der Waals surface area contributed by atoms with Gasteiger partial charge in [-0.15, -0.1) is 0 Å². The molecule has 0 saturated carbocycles. The van der Waals surface area contributed by atoms with Gasteiger partial charge >= 0.3 is 0 Å². The molecule has 108 valence electrons. The molecule has 0 radical (unpaired) electrons. The van der Waals surface area contributed by atoms with E-state index in [1.165, 1.54) is 11.9 Å². The molecule has 0 spiro atoms. The van der Waals surface area contributed by atoms with Gasteiger partial charge in [-0.05, 0) is 43.7 Å². The summed E-state index contributed by atoms with van der Waals surface area (Å²) in [6, 6.07) is 9.25. The molecule has 1 N–H and O–H groups in total. The monoisotopic (exact) mass is 292 g/mol. The minimum Gasteiger partial charge on any atom is -0.379 e. The molecule has 2 aromatic rings. The smallest absolute Gasteiger partial charge is 0.175 e. The highest BCUT2D eigenvalue weighted by atomic mass is 32.2. The topological polar surface area (TPSA) is 51.1 Å². The number of rotatable bonds is 5. The van der Waals surface area contributed by atoms with Gasteiger partial charge in [0.05, 0.1) is 11.4 Å². The highest BCUT2D eigenvalue weighted by Crippen LogP contribution is 2.21. The van der Waals surface area contributed by atoms with Crippen LogP contribution in [0.2, 0.25) is 0 Å². The normalized spacial score (nSPS) is 11.6. The highest BCUT2D eigenvalue weighted by Gasteiger charge is 2.09. The summed E-state index contributed by atoms with van der Waals surface area (Å²) in [5.74, 6) is 0. The second-order valence-electron chi connectivity index (χ2n) is 4.89. The van der Waals surface area contributed by atoms with Gasteiger partial charge in [-0.1, -0.05) is 6.07 Å². The summed E-state index contributed by atoms with van der Waals surface area (Å²) in [5, 5.41) is 3.32. The van der Waals surface area contributed by atoms with Gasteiger partial charge in [0.2, 0.25) is 0 Å². The molecule has 1 aromatic carbocycles. The third-order valence-electron chi connectivity index (χ3n) is 3.36. The Kier molecular flexibility index (Phi) is 4.18. The number of aryl methyl sites for hydroxylation is 2. The van der Waals surface area contributed by atoms with E-state index in [4.69, 9.17) is 0 Å². The van der Waals surface area contributed by atoms with Crippen molar-refractivity contribution in [3.8, 4) is 0 Å². The van der Waals surface area contributed by atoms with Gasteiger partial charge in [-0.3, -0.25) is 0 Å². The second kappa shape index (κ2) is 5.71. The zero-order valence-electron chi connectivity index (χ0n) is 12.1. The van der Waals surface area contributed by atoms with Crippen molar-refractivity contribution in [2.45, 2.75) is 31.8 Å². The molecular formula is C15H20N2O2S. The third kappa shape index (κ3) is 3.22. The number of benzene rings is 1. The van der Waals surface area contributed by atoms with Crippen LogP contribution in [0.15, 0.2) is 41.4 Å². The minimum absolute atomic E-state index is 0.344. The lowest BCUT2D eigenvalue weighted by molar-refractivity contribution is 0.602. The van der Waals surface area contributed by atoms with Gasteiger partial charge < -0.3 is 9.88 Å². The van der Waals surface area contributed by atoms with Gasteiger partial charge in [0.25, 0.3) is 0 Å². The molecule has 1 heterocycles. The summed E-state index contributed by atoms with van der Waals surface area (Å²) in [4.78, 5) is 0.344. The van der Waals surface area contributed by atoms with Gasteiger partial charge in [-0.2, -0.15) is 0 Å². The van der Waals surface area contributed by atoms with Crippen molar-refractivity contribution in [3.63, 3.8) is 0 Å². The molecule has 2 rings (SSSR count). The zero-order valence-corrected chi connectivity index (χ0v) is 12.9. The highest BCUT2D eigenvalue weighted by molar-refractivity contribution is 7.90. The lowest BCUT2D eigenvalue weighted by Gasteiger charge is -2.12. The first-order valence-corrected chi connectivity index (χ1v) is 8.49. The van der Waals surface area contributed by atoms with Crippen molar-refractivity contribution in [2.75, 3.05) is 11.6 Å². The van der Waals surface area contributed by atoms with Crippen molar-refractivity contribution in [3.05, 3.63) is 47.8 Å². The fourth-order valence-corrected chi connectivity index (χ4v) is 2.77. The molecule has 5 heteroatoms. The first-order chi connectivity index (χ1) is 9.41. The molecular weight excluding hydrogens is 272 g/mol. The molecule has 1 aromatic heterocycles. The van der Waals surface area contributed by atoms with E-state index in [-0.39, 0.29) is 0 Å². The molecule has 20 heavy (non-hydrogen) atoms. The largest absolute Gasteiger partial charge is 0.379 e. The van der Waals surface area contributed by atoms with E-state index < -0.39 is 9.84 Å². The Hall–Kier alpha value is -1.75. The van der Waals surface area contributed by atoms with E-state index in [1.54, 1.807) is 12.1 Å². The van der Waals surface area contributed by atoms with Gasteiger partial charge in [0.15, 0.2) is 9.84 Å². The van der Waals surface area contributed by atoms with Crippen LogP contribution >= 0.6 is 0 Å². The van der Waals surface area contributed by atoms with Gasteiger partial charge in [-0.25, -0.2) is 8.42 Å². The number of hydrogen-bond donors (Lipinski definition) is 1. The first-order valence-electron chi connectivity index (χ1n) is 6.60. The molecule has 0 amide bonds. The van der Waals surface area contributed by atoms with E-state index in [1.807, 2.05) is 25.3 Å². The Labute approximate surface area is 120 Å². The molecule has 0 atom stereocenters. The van der Waals surface area contributed by atoms with Gasteiger partial charge in [0.1, 0.15) is 0 Å². The predicted molar refractivity (Wildman–Crippen MR) is 81.7 cm³/mol. The fourth-order valence-electron chi connectivity index (χ4n) is 2.13. The summed E-state index contributed by atoms with van der Waals surface area (Å²) in [5.41, 5.74) is 3.07. The fraction of sp³-hybridized carbons (Fsp3) is 0.333. The lowest BCUT2D eigenvalue weighted by atomic mass is 10.2. The van der Waals surface area contributed by atoms with Crippen LogP contribution in [0, 0.1) is 6.92 Å². The molecule has 0 aliphatic rings. The van der Waals surface area contributed by atoms with Crippen LogP contribution in [0.5, 0.6) is 0 Å². The summed E-state index contributed by atoms with van der Waals surface area (Å²) in [6.45, 7) is 5.66. The maximum Gasteiger partial charge on any atom is 0.175 e. The molecule has 0 saturated heterocycles. The molecule has 0 fully saturated rings. The van der Waals surface area contributed by atoms with E-state index in [0.717, 1.165) is 17.8 Å². The average molecular weight is 292 g/mol. The van der Waals surface area contributed by atoms with E-state index in [9.17, 15) is 8.42 Å². The Morgan fingerprint density at radius 2 is 2.00 bits per heavy atom. The van der Waals surface area contributed by atoms with Crippen molar-refractivity contribution >= 4 is 15.5 Å². The average Bonchev–Trinajstić information content (AvgIpc) is 2.83. The summed E-state index contributed by atoms with van der Waals surface area (Å²) in [7, 11) is -3.17. The maximum absolute atomic E-state index is 11.6. The standard InChI is InChI=1S/C15H20N2O2S/c1-4-17-9-5-6-13(17)11-16-15-10-14(20(3,18)19)8-7-12(15)2/h5-10,16H,4,11H2,1-3H3. The summed E-state index contributed by atoms with van der Waals surface area (Å²) < 4.78 is 25.4. The van der Waals surface area contributed by atoms with Crippen LogP contribution in [0.4, 0.5) is 5.69 Å². The van der Waals surface area contributed by atoms with E-state index in [0.29, 0.717) is 11.4 Å². The molecule has 0 aliphatic carbocycles. The third-order valence-corrected chi connectivity index (χ3v) is 4.47. The van der Waals surface area contributed by atoms with Crippen LogP contribution in [0.1, 0.15) is 18.2 Å². The van der Waals surface area contributed by atoms with Crippen molar-refractivity contribution in [1.82, 2.24) is 4.57 Å². The molecule has 0 aliphatic heterocycles. The second-order valence-corrected chi connectivity index (χ2v) is 6.90. The Morgan fingerprint density at radius 3 is 2.65 bits per heavy atom. The number of sulfone groups is 1. The number of anilines is 1. The van der Waals surface area contributed by atoms with Crippen LogP contribution < -0.4 is 5.32 Å².